The second kappa shape index (κ2) is 4.62. The molecule has 0 fully saturated rings. The van der Waals surface area contributed by atoms with Crippen LogP contribution >= 0.6 is 0 Å². The van der Waals surface area contributed by atoms with Crippen molar-refractivity contribution in [1.29, 1.82) is 0 Å². The monoisotopic (exact) mass is 239 g/mol. The minimum Gasteiger partial charge on any atom is -0.403 e. The van der Waals surface area contributed by atoms with E-state index in [1.807, 2.05) is 30.3 Å². The lowest BCUT2D eigenvalue weighted by Crippen LogP contribution is -1.95. The van der Waals surface area contributed by atoms with Crippen molar-refractivity contribution in [1.82, 2.24) is 20.2 Å². The number of nitrogens with one attached hydrogen (secondary N) is 1. The van der Waals surface area contributed by atoms with Crippen molar-refractivity contribution in [3.63, 3.8) is 0 Å². The van der Waals surface area contributed by atoms with Gasteiger partial charge in [-0.3, -0.25) is 5.32 Å². The molecule has 3 rings (SSSR count). The van der Waals surface area contributed by atoms with Crippen LogP contribution in [0.1, 0.15) is 0 Å². The molecule has 3 aromatic rings. The standard InChI is InChI=1S/C12H9N5O/c1-2-5-9(6-3-1)10-16-17-12(18-10)15-11-13-7-4-8-14-11/h1-8H,(H,13,14,15,17). The second-order valence-electron chi connectivity index (χ2n) is 3.48. The molecule has 0 unspecified atom stereocenters. The van der Waals surface area contributed by atoms with E-state index in [2.05, 4.69) is 25.5 Å². The van der Waals surface area contributed by atoms with Crippen LogP contribution in [-0.2, 0) is 0 Å². The molecular weight excluding hydrogens is 230 g/mol. The summed E-state index contributed by atoms with van der Waals surface area (Å²) in [5.41, 5.74) is 0.868. The van der Waals surface area contributed by atoms with Gasteiger partial charge in [0.2, 0.25) is 11.8 Å². The van der Waals surface area contributed by atoms with Crippen molar-refractivity contribution in [2.45, 2.75) is 0 Å². The Hall–Kier alpha value is -2.76. The van der Waals surface area contributed by atoms with E-state index >= 15 is 0 Å². The van der Waals surface area contributed by atoms with E-state index < -0.39 is 0 Å². The largest absolute Gasteiger partial charge is 0.403 e. The van der Waals surface area contributed by atoms with Crippen LogP contribution in [0.2, 0.25) is 0 Å². The Morgan fingerprint density at radius 2 is 1.67 bits per heavy atom. The zero-order valence-electron chi connectivity index (χ0n) is 9.32. The molecule has 0 spiro atoms. The number of hydrogen-bond donors (Lipinski definition) is 1. The van der Waals surface area contributed by atoms with Gasteiger partial charge in [0.05, 0.1) is 0 Å². The number of anilines is 2. The molecule has 6 heteroatoms. The summed E-state index contributed by atoms with van der Waals surface area (Å²) in [5.74, 6) is 0.870. The van der Waals surface area contributed by atoms with Crippen LogP contribution in [-0.4, -0.2) is 20.2 Å². The molecule has 0 bridgehead atoms. The van der Waals surface area contributed by atoms with E-state index in [0.717, 1.165) is 5.56 Å². The van der Waals surface area contributed by atoms with Crippen molar-refractivity contribution in [2.24, 2.45) is 0 Å². The molecule has 2 aromatic heterocycles. The molecule has 0 amide bonds. The van der Waals surface area contributed by atoms with Gasteiger partial charge in [-0.15, -0.1) is 5.10 Å². The molecule has 0 aliphatic heterocycles. The number of aromatic nitrogens is 4. The Morgan fingerprint density at radius 3 is 2.44 bits per heavy atom. The first-order valence-electron chi connectivity index (χ1n) is 5.35. The predicted octanol–water partition coefficient (Wildman–Crippen LogP) is 2.27. The summed E-state index contributed by atoms with van der Waals surface area (Å²) in [5, 5.41) is 10.7. The first kappa shape index (κ1) is 10.4. The van der Waals surface area contributed by atoms with Crippen LogP contribution < -0.4 is 5.32 Å². The van der Waals surface area contributed by atoms with E-state index in [1.165, 1.54) is 0 Å². The smallest absolute Gasteiger partial charge is 0.322 e. The summed E-state index contributed by atoms with van der Waals surface area (Å²) in [7, 11) is 0. The van der Waals surface area contributed by atoms with E-state index in [4.69, 9.17) is 4.42 Å². The molecule has 0 radical (unpaired) electrons. The van der Waals surface area contributed by atoms with Crippen LogP contribution in [0, 0.1) is 0 Å². The van der Waals surface area contributed by atoms with Crippen molar-refractivity contribution >= 4 is 12.0 Å². The maximum Gasteiger partial charge on any atom is 0.322 e. The van der Waals surface area contributed by atoms with Crippen LogP contribution in [0.25, 0.3) is 11.5 Å². The Morgan fingerprint density at radius 1 is 0.889 bits per heavy atom. The highest BCUT2D eigenvalue weighted by atomic mass is 16.4. The zero-order valence-corrected chi connectivity index (χ0v) is 9.32. The quantitative estimate of drug-likeness (QED) is 0.755. The molecular formula is C12H9N5O. The number of benzene rings is 1. The summed E-state index contributed by atoms with van der Waals surface area (Å²) in [6.07, 6.45) is 3.26. The predicted molar refractivity (Wildman–Crippen MR) is 65.0 cm³/mol. The van der Waals surface area contributed by atoms with Gasteiger partial charge in [0.15, 0.2) is 0 Å². The van der Waals surface area contributed by atoms with Gasteiger partial charge in [-0.25, -0.2) is 9.97 Å². The average Bonchev–Trinajstić information content (AvgIpc) is 2.89. The van der Waals surface area contributed by atoms with Gasteiger partial charge in [-0.05, 0) is 18.2 Å². The number of hydrogen-bond acceptors (Lipinski definition) is 6. The maximum absolute atomic E-state index is 5.46. The van der Waals surface area contributed by atoms with Gasteiger partial charge in [0.25, 0.3) is 0 Å². The van der Waals surface area contributed by atoms with Crippen molar-refractivity contribution in [2.75, 3.05) is 5.32 Å². The highest BCUT2D eigenvalue weighted by Crippen LogP contribution is 2.20. The Kier molecular flexibility index (Phi) is 2.67. The molecule has 88 valence electrons. The van der Waals surface area contributed by atoms with E-state index in [1.54, 1.807) is 18.5 Å². The summed E-state index contributed by atoms with van der Waals surface area (Å²) in [6.45, 7) is 0. The minimum atomic E-state index is 0.264. The van der Waals surface area contributed by atoms with Gasteiger partial charge < -0.3 is 4.42 Å². The maximum atomic E-state index is 5.46. The van der Waals surface area contributed by atoms with Gasteiger partial charge >= 0.3 is 6.01 Å². The molecule has 18 heavy (non-hydrogen) atoms. The van der Waals surface area contributed by atoms with Crippen LogP contribution in [0.4, 0.5) is 12.0 Å². The summed E-state index contributed by atoms with van der Waals surface area (Å²) < 4.78 is 5.46. The summed E-state index contributed by atoms with van der Waals surface area (Å²) >= 11 is 0. The third-order valence-corrected chi connectivity index (χ3v) is 2.23. The molecule has 0 saturated carbocycles. The van der Waals surface area contributed by atoms with Crippen LogP contribution in [0.5, 0.6) is 0 Å². The van der Waals surface area contributed by atoms with Gasteiger partial charge in [0.1, 0.15) is 0 Å². The third kappa shape index (κ3) is 2.17. The Bertz CT molecular complexity index is 623. The molecule has 1 N–H and O–H groups in total. The van der Waals surface area contributed by atoms with Gasteiger partial charge in [-0.1, -0.05) is 23.3 Å². The lowest BCUT2D eigenvalue weighted by atomic mass is 10.2. The van der Waals surface area contributed by atoms with E-state index in [9.17, 15) is 0 Å². The lowest BCUT2D eigenvalue weighted by molar-refractivity contribution is 0.586. The molecule has 0 saturated heterocycles. The molecule has 6 nitrogen and oxygen atoms in total. The zero-order chi connectivity index (χ0) is 12.2. The SMILES string of the molecule is c1ccc(-c2nnc(Nc3ncccn3)o2)cc1. The number of nitrogens with zero attached hydrogens (tertiary/aromatic N) is 4. The fraction of sp³-hybridized carbons (Fsp3) is 0. The molecule has 2 heterocycles. The van der Waals surface area contributed by atoms with Gasteiger partial charge in [-0.2, -0.15) is 0 Å². The first-order valence-corrected chi connectivity index (χ1v) is 5.35. The fourth-order valence-electron chi connectivity index (χ4n) is 1.43. The van der Waals surface area contributed by atoms with Crippen LogP contribution in [0.15, 0.2) is 53.2 Å². The first-order chi connectivity index (χ1) is 8.92. The minimum absolute atomic E-state index is 0.264. The highest BCUT2D eigenvalue weighted by molar-refractivity contribution is 5.53. The molecule has 0 aliphatic rings. The topological polar surface area (TPSA) is 76.7 Å². The van der Waals surface area contributed by atoms with Crippen LogP contribution in [0.3, 0.4) is 0 Å². The van der Waals surface area contributed by atoms with Gasteiger partial charge in [0, 0.05) is 18.0 Å². The molecule has 1 aromatic carbocycles. The summed E-state index contributed by atoms with van der Waals surface area (Å²) in [6, 6.07) is 11.5. The van der Waals surface area contributed by atoms with Crippen molar-refractivity contribution in [3.05, 3.63) is 48.8 Å². The van der Waals surface area contributed by atoms with Crippen molar-refractivity contribution < 1.29 is 4.42 Å². The van der Waals surface area contributed by atoms with E-state index in [-0.39, 0.29) is 6.01 Å². The Balaban J connectivity index is 1.82. The second-order valence-corrected chi connectivity index (χ2v) is 3.48. The normalized spacial score (nSPS) is 10.2. The molecule has 0 atom stereocenters. The molecule has 0 aliphatic carbocycles. The van der Waals surface area contributed by atoms with E-state index in [0.29, 0.717) is 11.8 Å². The average molecular weight is 239 g/mol. The number of rotatable bonds is 3. The lowest BCUT2D eigenvalue weighted by Gasteiger charge is -1.96. The third-order valence-electron chi connectivity index (χ3n) is 2.23. The fourth-order valence-corrected chi connectivity index (χ4v) is 1.43. The summed E-state index contributed by atoms with van der Waals surface area (Å²) in [4.78, 5) is 8.01. The van der Waals surface area contributed by atoms with Crippen molar-refractivity contribution in [3.8, 4) is 11.5 Å². The Labute approximate surface area is 103 Å². The highest BCUT2D eigenvalue weighted by Gasteiger charge is 2.08.